The predicted octanol–water partition coefficient (Wildman–Crippen LogP) is 1.26. The van der Waals surface area contributed by atoms with Crippen LogP contribution in [0.5, 0.6) is 0 Å². The topological polar surface area (TPSA) is 58.1 Å². The van der Waals surface area contributed by atoms with E-state index < -0.39 is 0 Å². The Morgan fingerprint density at radius 1 is 1.45 bits per heavy atom. The van der Waals surface area contributed by atoms with E-state index in [9.17, 15) is 4.79 Å². The van der Waals surface area contributed by atoms with Crippen molar-refractivity contribution in [2.75, 3.05) is 19.6 Å². The number of hydrogen-bond acceptors (Lipinski definition) is 4. The third-order valence-corrected chi connectivity index (χ3v) is 3.61. The van der Waals surface area contributed by atoms with Gasteiger partial charge < -0.3 is 5.32 Å². The quantitative estimate of drug-likeness (QED) is 0.849. The first-order chi connectivity index (χ1) is 9.65. The van der Waals surface area contributed by atoms with Gasteiger partial charge >= 0.3 is 0 Å². The Hall–Kier alpha value is -1.49. The summed E-state index contributed by atoms with van der Waals surface area (Å²) in [6.45, 7) is 7.50. The highest BCUT2D eigenvalue weighted by Gasteiger charge is 2.24. The van der Waals surface area contributed by atoms with Crippen LogP contribution in [0, 0.1) is 5.92 Å². The summed E-state index contributed by atoms with van der Waals surface area (Å²) in [5.41, 5.74) is 0.857. The molecule has 0 bridgehead atoms. The molecule has 20 heavy (non-hydrogen) atoms. The molecule has 1 fully saturated rings. The van der Waals surface area contributed by atoms with E-state index in [0.717, 1.165) is 25.2 Å². The minimum Gasteiger partial charge on any atom is -0.354 e. The Labute approximate surface area is 120 Å². The van der Waals surface area contributed by atoms with Gasteiger partial charge in [-0.05, 0) is 30.9 Å². The minimum atomic E-state index is 0.0520. The highest BCUT2D eigenvalue weighted by molar-refractivity contribution is 5.78. The molecular weight excluding hydrogens is 252 g/mol. The normalized spacial score (nSPS) is 19.4. The first-order valence-corrected chi connectivity index (χ1v) is 7.40. The molecule has 5 nitrogen and oxygen atoms in total. The van der Waals surface area contributed by atoms with Crippen molar-refractivity contribution in [2.45, 2.75) is 39.2 Å². The van der Waals surface area contributed by atoms with Gasteiger partial charge in [0, 0.05) is 31.5 Å². The van der Waals surface area contributed by atoms with Gasteiger partial charge in [-0.3, -0.25) is 9.69 Å². The molecule has 110 valence electrons. The van der Waals surface area contributed by atoms with E-state index in [4.69, 9.17) is 0 Å². The van der Waals surface area contributed by atoms with Gasteiger partial charge in [0.25, 0.3) is 0 Å². The number of rotatable bonds is 6. The van der Waals surface area contributed by atoms with Crippen LogP contribution in [0.25, 0.3) is 0 Å². The molecule has 0 spiro atoms. The number of carbonyl (C=O) groups excluding carboxylic acids is 1. The lowest BCUT2D eigenvalue weighted by Crippen LogP contribution is -2.41. The largest absolute Gasteiger partial charge is 0.354 e. The molecule has 2 heterocycles. The molecule has 0 unspecified atom stereocenters. The van der Waals surface area contributed by atoms with Crippen molar-refractivity contribution in [1.29, 1.82) is 0 Å². The Kier molecular flexibility index (Phi) is 5.47. The number of amides is 1. The summed E-state index contributed by atoms with van der Waals surface area (Å²) < 4.78 is 0. The van der Waals surface area contributed by atoms with E-state index in [1.165, 1.54) is 19.2 Å². The van der Waals surface area contributed by atoms with Crippen LogP contribution in [-0.2, 0) is 11.2 Å². The predicted molar refractivity (Wildman–Crippen MR) is 78.2 cm³/mol. The summed E-state index contributed by atoms with van der Waals surface area (Å²) in [7, 11) is 0. The van der Waals surface area contributed by atoms with E-state index in [1.54, 1.807) is 12.4 Å². The van der Waals surface area contributed by atoms with Gasteiger partial charge in [-0.15, -0.1) is 0 Å². The summed E-state index contributed by atoms with van der Waals surface area (Å²) in [4.78, 5) is 22.3. The molecule has 1 saturated heterocycles. The Bertz CT molecular complexity index is 421. The second-order valence-corrected chi connectivity index (χ2v) is 5.91. The molecule has 1 aromatic rings. The number of likely N-dealkylation sites (tertiary alicyclic amines) is 1. The van der Waals surface area contributed by atoms with Crippen LogP contribution < -0.4 is 5.32 Å². The summed E-state index contributed by atoms with van der Waals surface area (Å²) in [5.74, 6) is 0.726. The van der Waals surface area contributed by atoms with Crippen LogP contribution in [-0.4, -0.2) is 46.5 Å². The maximum atomic E-state index is 11.9. The van der Waals surface area contributed by atoms with Gasteiger partial charge in [-0.25, -0.2) is 9.97 Å². The standard InChI is InChI=1S/C15H24N4O/c1-12(2)10-19-5-3-4-14(19)9-18-15(20)6-13-7-16-11-17-8-13/h7-8,11-12,14H,3-6,9-10H2,1-2H3,(H,18,20)/t14-/m1/s1. The van der Waals surface area contributed by atoms with Crippen LogP contribution in [0.2, 0.25) is 0 Å². The van der Waals surface area contributed by atoms with Gasteiger partial charge in [0.15, 0.2) is 0 Å². The van der Waals surface area contributed by atoms with Crippen molar-refractivity contribution in [2.24, 2.45) is 5.92 Å². The fraction of sp³-hybridized carbons (Fsp3) is 0.667. The number of hydrogen-bond donors (Lipinski definition) is 1. The second kappa shape index (κ2) is 7.33. The van der Waals surface area contributed by atoms with Gasteiger partial charge in [0.2, 0.25) is 5.91 Å². The van der Waals surface area contributed by atoms with Gasteiger partial charge in [0.05, 0.1) is 6.42 Å². The maximum absolute atomic E-state index is 11.9. The number of nitrogens with zero attached hydrogens (tertiary/aromatic N) is 3. The summed E-state index contributed by atoms with van der Waals surface area (Å²) in [5, 5.41) is 3.04. The van der Waals surface area contributed by atoms with Crippen molar-refractivity contribution >= 4 is 5.91 Å². The van der Waals surface area contributed by atoms with Crippen LogP contribution in [0.4, 0.5) is 0 Å². The average molecular weight is 276 g/mol. The smallest absolute Gasteiger partial charge is 0.224 e. The zero-order chi connectivity index (χ0) is 14.4. The summed E-state index contributed by atoms with van der Waals surface area (Å²) in [6.07, 6.45) is 7.63. The third-order valence-electron chi connectivity index (χ3n) is 3.61. The molecule has 1 atom stereocenters. The van der Waals surface area contributed by atoms with E-state index in [1.807, 2.05) is 0 Å². The van der Waals surface area contributed by atoms with Gasteiger partial charge in [0.1, 0.15) is 6.33 Å². The molecule has 2 rings (SSSR count). The molecule has 0 aromatic carbocycles. The highest BCUT2D eigenvalue weighted by Crippen LogP contribution is 2.17. The van der Waals surface area contributed by atoms with Crippen LogP contribution in [0.3, 0.4) is 0 Å². The number of aromatic nitrogens is 2. The molecule has 5 heteroatoms. The van der Waals surface area contributed by atoms with Crippen molar-refractivity contribution in [3.05, 3.63) is 24.3 Å². The number of nitrogens with one attached hydrogen (secondary N) is 1. The van der Waals surface area contributed by atoms with Crippen LogP contribution in [0.1, 0.15) is 32.3 Å². The van der Waals surface area contributed by atoms with Crippen molar-refractivity contribution in [3.8, 4) is 0 Å². The fourth-order valence-electron chi connectivity index (χ4n) is 2.74. The molecule has 1 N–H and O–H groups in total. The Balaban J connectivity index is 1.75. The van der Waals surface area contributed by atoms with E-state index >= 15 is 0 Å². The third kappa shape index (κ3) is 4.56. The first kappa shape index (κ1) is 14.9. The van der Waals surface area contributed by atoms with Crippen LogP contribution in [0.15, 0.2) is 18.7 Å². The van der Waals surface area contributed by atoms with Crippen molar-refractivity contribution < 1.29 is 4.79 Å². The molecular formula is C15H24N4O. The first-order valence-electron chi connectivity index (χ1n) is 7.40. The second-order valence-electron chi connectivity index (χ2n) is 5.91. The minimum absolute atomic E-state index is 0.0520. The molecule has 0 saturated carbocycles. The van der Waals surface area contributed by atoms with Crippen molar-refractivity contribution in [3.63, 3.8) is 0 Å². The van der Waals surface area contributed by atoms with Crippen LogP contribution >= 0.6 is 0 Å². The van der Waals surface area contributed by atoms with Gasteiger partial charge in [-0.1, -0.05) is 13.8 Å². The molecule has 1 amide bonds. The summed E-state index contributed by atoms with van der Waals surface area (Å²) in [6, 6.07) is 0.494. The Morgan fingerprint density at radius 3 is 2.90 bits per heavy atom. The lowest BCUT2D eigenvalue weighted by molar-refractivity contribution is -0.120. The molecule has 0 radical (unpaired) electrons. The van der Waals surface area contributed by atoms with E-state index in [-0.39, 0.29) is 5.91 Å². The average Bonchev–Trinajstić information content (AvgIpc) is 2.84. The molecule has 0 aliphatic carbocycles. The lowest BCUT2D eigenvalue weighted by atomic mass is 10.1. The maximum Gasteiger partial charge on any atom is 0.224 e. The molecule has 1 aliphatic heterocycles. The monoisotopic (exact) mass is 276 g/mol. The van der Waals surface area contributed by atoms with Gasteiger partial charge in [-0.2, -0.15) is 0 Å². The SMILES string of the molecule is CC(C)CN1CCC[C@@H]1CNC(=O)Cc1cncnc1. The van der Waals surface area contributed by atoms with Crippen molar-refractivity contribution in [1.82, 2.24) is 20.2 Å². The lowest BCUT2D eigenvalue weighted by Gasteiger charge is -2.26. The van der Waals surface area contributed by atoms with E-state index in [0.29, 0.717) is 18.4 Å². The van der Waals surface area contributed by atoms with E-state index in [2.05, 4.69) is 34.0 Å². The Morgan fingerprint density at radius 2 is 2.20 bits per heavy atom. The fourth-order valence-corrected chi connectivity index (χ4v) is 2.74. The number of carbonyl (C=O) groups is 1. The molecule has 1 aliphatic rings. The highest BCUT2D eigenvalue weighted by atomic mass is 16.1. The zero-order valence-corrected chi connectivity index (χ0v) is 12.4. The summed E-state index contributed by atoms with van der Waals surface area (Å²) >= 11 is 0. The molecule has 1 aromatic heterocycles. The zero-order valence-electron chi connectivity index (χ0n) is 12.4.